The molecule has 0 aliphatic rings. The number of aryl methyl sites for hydroxylation is 1. The van der Waals surface area contributed by atoms with Gasteiger partial charge in [-0.3, -0.25) is 0 Å². The molecule has 2 rings (SSSR count). The lowest BCUT2D eigenvalue weighted by Gasteiger charge is -2.06. The summed E-state index contributed by atoms with van der Waals surface area (Å²) in [7, 11) is 0. The fourth-order valence-corrected chi connectivity index (χ4v) is 2.04. The summed E-state index contributed by atoms with van der Waals surface area (Å²) >= 11 is 0. The van der Waals surface area contributed by atoms with Gasteiger partial charge in [0, 0.05) is 12.2 Å². The predicted molar refractivity (Wildman–Crippen MR) is 82.1 cm³/mol. The van der Waals surface area contributed by atoms with E-state index in [2.05, 4.69) is 48.6 Å². The minimum Gasteiger partial charge on any atom is -0.399 e. The highest BCUT2D eigenvalue weighted by atomic mass is 14.8. The van der Waals surface area contributed by atoms with Crippen molar-refractivity contribution in [2.24, 2.45) is 0 Å². The van der Waals surface area contributed by atoms with Gasteiger partial charge in [0.1, 0.15) is 0 Å². The maximum Gasteiger partial charge on any atom is 0.0314 e. The van der Waals surface area contributed by atoms with Gasteiger partial charge in [-0.1, -0.05) is 43.3 Å². The van der Waals surface area contributed by atoms with E-state index in [0.717, 1.165) is 31.6 Å². The van der Waals surface area contributed by atoms with E-state index in [0.29, 0.717) is 0 Å². The Bertz CT molecular complexity index is 486. The van der Waals surface area contributed by atoms with Crippen LogP contribution in [0.2, 0.25) is 0 Å². The van der Waals surface area contributed by atoms with Crippen molar-refractivity contribution in [3.63, 3.8) is 0 Å². The van der Waals surface area contributed by atoms with E-state index in [9.17, 15) is 0 Å². The highest BCUT2D eigenvalue weighted by molar-refractivity contribution is 5.39. The molecule has 2 heteroatoms. The van der Waals surface area contributed by atoms with Gasteiger partial charge in [0.2, 0.25) is 0 Å². The minimum atomic E-state index is 0.819. The number of nitrogens with two attached hydrogens (primary N) is 1. The fraction of sp³-hybridized carbons (Fsp3) is 0.294. The Balaban J connectivity index is 1.72. The van der Waals surface area contributed by atoms with Gasteiger partial charge in [-0.25, -0.2) is 0 Å². The summed E-state index contributed by atoms with van der Waals surface area (Å²) in [6, 6.07) is 16.9. The molecule has 19 heavy (non-hydrogen) atoms. The first kappa shape index (κ1) is 13.6. The fourth-order valence-electron chi connectivity index (χ4n) is 2.04. The molecule has 0 radical (unpaired) electrons. The first-order chi connectivity index (χ1) is 9.28. The molecule has 0 aliphatic heterocycles. The van der Waals surface area contributed by atoms with E-state index in [1.54, 1.807) is 0 Å². The molecule has 0 spiro atoms. The number of nitrogen functional groups attached to an aromatic ring is 1. The molecule has 0 bridgehead atoms. The summed E-state index contributed by atoms with van der Waals surface area (Å²) in [6.07, 6.45) is 2.18. The van der Waals surface area contributed by atoms with Crippen molar-refractivity contribution in [3.05, 3.63) is 65.2 Å². The Kier molecular flexibility index (Phi) is 4.99. The lowest BCUT2D eigenvalue weighted by Crippen LogP contribution is -2.16. The van der Waals surface area contributed by atoms with Crippen molar-refractivity contribution in [1.29, 1.82) is 0 Å². The van der Waals surface area contributed by atoms with Gasteiger partial charge in [-0.15, -0.1) is 0 Å². The third-order valence-corrected chi connectivity index (χ3v) is 3.33. The summed E-state index contributed by atoms with van der Waals surface area (Å²) in [5, 5.41) is 3.46. The largest absolute Gasteiger partial charge is 0.399 e. The van der Waals surface area contributed by atoms with Crippen LogP contribution in [0.4, 0.5) is 5.69 Å². The molecular formula is C17H22N2. The van der Waals surface area contributed by atoms with E-state index in [-0.39, 0.29) is 0 Å². The van der Waals surface area contributed by atoms with Gasteiger partial charge in [-0.05, 0) is 48.2 Å². The van der Waals surface area contributed by atoms with Crippen LogP contribution in [0.25, 0.3) is 0 Å². The van der Waals surface area contributed by atoms with Gasteiger partial charge in [-0.2, -0.15) is 0 Å². The maximum atomic E-state index is 5.66. The first-order valence-corrected chi connectivity index (χ1v) is 6.91. The van der Waals surface area contributed by atoms with Crippen LogP contribution in [0.5, 0.6) is 0 Å². The first-order valence-electron chi connectivity index (χ1n) is 6.91. The Morgan fingerprint density at radius 1 is 0.842 bits per heavy atom. The molecule has 0 amide bonds. The molecule has 0 atom stereocenters. The van der Waals surface area contributed by atoms with Crippen LogP contribution < -0.4 is 11.1 Å². The van der Waals surface area contributed by atoms with Crippen LogP contribution in [-0.4, -0.2) is 6.54 Å². The molecule has 0 fully saturated rings. The molecule has 3 N–H and O–H groups in total. The molecule has 2 aromatic carbocycles. The van der Waals surface area contributed by atoms with Crippen LogP contribution >= 0.6 is 0 Å². The maximum absolute atomic E-state index is 5.66. The standard InChI is InChI=1S/C17H22N2/c1-2-14-3-5-15(6-4-14)11-12-19-13-16-7-9-17(18)10-8-16/h3-10,19H,2,11-13,18H2,1H3. The zero-order valence-electron chi connectivity index (χ0n) is 11.5. The smallest absolute Gasteiger partial charge is 0.0314 e. The van der Waals surface area contributed by atoms with Gasteiger partial charge in [0.25, 0.3) is 0 Å². The molecule has 0 saturated heterocycles. The third kappa shape index (κ3) is 4.42. The van der Waals surface area contributed by atoms with Crippen LogP contribution in [0.3, 0.4) is 0 Å². The molecular weight excluding hydrogens is 232 g/mol. The van der Waals surface area contributed by atoms with Crippen molar-refractivity contribution in [2.75, 3.05) is 12.3 Å². The molecule has 0 heterocycles. The Hall–Kier alpha value is -1.80. The molecule has 0 aliphatic carbocycles. The average molecular weight is 254 g/mol. The number of nitrogens with one attached hydrogen (secondary N) is 1. The van der Waals surface area contributed by atoms with Crippen molar-refractivity contribution in [3.8, 4) is 0 Å². The van der Waals surface area contributed by atoms with E-state index >= 15 is 0 Å². The SMILES string of the molecule is CCc1ccc(CCNCc2ccc(N)cc2)cc1. The number of anilines is 1. The van der Waals surface area contributed by atoms with Gasteiger partial charge >= 0.3 is 0 Å². The Morgan fingerprint density at radius 2 is 1.42 bits per heavy atom. The number of hydrogen-bond acceptors (Lipinski definition) is 2. The zero-order chi connectivity index (χ0) is 13.5. The molecule has 0 unspecified atom stereocenters. The zero-order valence-corrected chi connectivity index (χ0v) is 11.5. The van der Waals surface area contributed by atoms with Crippen molar-refractivity contribution >= 4 is 5.69 Å². The monoisotopic (exact) mass is 254 g/mol. The van der Waals surface area contributed by atoms with E-state index in [1.165, 1.54) is 16.7 Å². The highest BCUT2D eigenvalue weighted by Gasteiger charge is 1.95. The number of benzene rings is 2. The summed E-state index contributed by atoms with van der Waals surface area (Å²) in [5.41, 5.74) is 10.5. The van der Waals surface area contributed by atoms with Crippen LogP contribution in [0, 0.1) is 0 Å². The summed E-state index contributed by atoms with van der Waals surface area (Å²) in [5.74, 6) is 0. The second kappa shape index (κ2) is 6.95. The second-order valence-electron chi connectivity index (χ2n) is 4.84. The molecule has 100 valence electrons. The van der Waals surface area contributed by atoms with Crippen LogP contribution in [-0.2, 0) is 19.4 Å². The normalized spacial score (nSPS) is 10.6. The Labute approximate surface area is 115 Å². The van der Waals surface area contributed by atoms with E-state index in [1.807, 2.05) is 12.1 Å². The summed E-state index contributed by atoms with van der Waals surface area (Å²) in [6.45, 7) is 4.08. The highest BCUT2D eigenvalue weighted by Crippen LogP contribution is 2.06. The second-order valence-corrected chi connectivity index (χ2v) is 4.84. The van der Waals surface area contributed by atoms with E-state index in [4.69, 9.17) is 5.73 Å². The predicted octanol–water partition coefficient (Wildman–Crippen LogP) is 3.16. The van der Waals surface area contributed by atoms with Gasteiger partial charge in [0.05, 0.1) is 0 Å². The summed E-state index contributed by atoms with van der Waals surface area (Å²) < 4.78 is 0. The Morgan fingerprint density at radius 3 is 2.05 bits per heavy atom. The minimum absolute atomic E-state index is 0.819. The quantitative estimate of drug-likeness (QED) is 0.614. The number of rotatable bonds is 6. The van der Waals surface area contributed by atoms with Gasteiger partial charge < -0.3 is 11.1 Å². The van der Waals surface area contributed by atoms with Gasteiger partial charge in [0.15, 0.2) is 0 Å². The topological polar surface area (TPSA) is 38.0 Å². The van der Waals surface area contributed by atoms with E-state index < -0.39 is 0 Å². The summed E-state index contributed by atoms with van der Waals surface area (Å²) in [4.78, 5) is 0. The lowest BCUT2D eigenvalue weighted by molar-refractivity contribution is 0.687. The molecule has 2 aromatic rings. The lowest BCUT2D eigenvalue weighted by atomic mass is 10.1. The number of hydrogen-bond donors (Lipinski definition) is 2. The molecule has 0 aromatic heterocycles. The van der Waals surface area contributed by atoms with Crippen LogP contribution in [0.15, 0.2) is 48.5 Å². The molecule has 0 saturated carbocycles. The third-order valence-electron chi connectivity index (χ3n) is 3.33. The average Bonchev–Trinajstić information content (AvgIpc) is 2.46. The van der Waals surface area contributed by atoms with Crippen molar-refractivity contribution < 1.29 is 0 Å². The molecule has 2 nitrogen and oxygen atoms in total. The van der Waals surface area contributed by atoms with Crippen molar-refractivity contribution in [1.82, 2.24) is 5.32 Å². The van der Waals surface area contributed by atoms with Crippen LogP contribution in [0.1, 0.15) is 23.6 Å². The van der Waals surface area contributed by atoms with Crippen molar-refractivity contribution in [2.45, 2.75) is 26.3 Å².